The molecule has 0 saturated heterocycles. The molecule has 0 saturated carbocycles. The smallest absolute Gasteiger partial charge is 0.226 e. The summed E-state index contributed by atoms with van der Waals surface area (Å²) in [6.07, 6.45) is 2.01. The molecule has 8 heteroatoms. The molecule has 0 aliphatic heterocycles. The normalized spacial score (nSPS) is 10.6. The van der Waals surface area contributed by atoms with Gasteiger partial charge in [0.15, 0.2) is 0 Å². The lowest BCUT2D eigenvalue weighted by molar-refractivity contribution is -0.120. The minimum atomic E-state index is -0.306. The fourth-order valence-electron chi connectivity index (χ4n) is 1.90. The molecule has 0 bridgehead atoms. The summed E-state index contributed by atoms with van der Waals surface area (Å²) in [5, 5.41) is 7.87. The van der Waals surface area contributed by atoms with E-state index in [-0.39, 0.29) is 36.3 Å². The lowest BCUT2D eigenvalue weighted by Crippen LogP contribution is -2.49. The van der Waals surface area contributed by atoms with Crippen molar-refractivity contribution in [3.63, 3.8) is 0 Å². The highest BCUT2D eigenvalue weighted by Crippen LogP contribution is 2.27. The predicted molar refractivity (Wildman–Crippen MR) is 104 cm³/mol. The van der Waals surface area contributed by atoms with Crippen LogP contribution in [0.3, 0.4) is 0 Å². The van der Waals surface area contributed by atoms with Crippen molar-refractivity contribution in [1.29, 1.82) is 0 Å². The van der Waals surface area contributed by atoms with Crippen LogP contribution in [0.15, 0.2) is 22.9 Å². The standard InChI is InChI=1S/C15H21N3OS2.2ClH/c1-3-15(16,4-2)10-17-13(19)8-11-9-21-14(18-11)12-6-5-7-20-12;;/h5-7,9H,3-4,8,10,16H2,1-2H3,(H,17,19);2*1H. The number of thiazole rings is 1. The molecule has 0 unspecified atom stereocenters. The first-order chi connectivity index (χ1) is 10.1. The maximum absolute atomic E-state index is 12.0. The van der Waals surface area contributed by atoms with Crippen LogP contribution in [0.1, 0.15) is 32.4 Å². The molecule has 0 spiro atoms. The zero-order valence-corrected chi connectivity index (χ0v) is 16.5. The van der Waals surface area contributed by atoms with Gasteiger partial charge in [0.1, 0.15) is 5.01 Å². The summed E-state index contributed by atoms with van der Waals surface area (Å²) in [7, 11) is 0. The molecule has 3 N–H and O–H groups in total. The average Bonchev–Trinajstić information content (AvgIpc) is 3.15. The number of hydrogen-bond acceptors (Lipinski definition) is 5. The second-order valence-electron chi connectivity index (χ2n) is 5.14. The Bertz CT molecular complexity index is 583. The monoisotopic (exact) mass is 395 g/mol. The zero-order chi connectivity index (χ0) is 15.3. The number of halogens is 2. The first kappa shape index (κ1) is 22.3. The maximum atomic E-state index is 12.0. The van der Waals surface area contributed by atoms with Gasteiger partial charge in [0.2, 0.25) is 5.91 Å². The summed E-state index contributed by atoms with van der Waals surface area (Å²) in [6, 6.07) is 4.04. The van der Waals surface area contributed by atoms with E-state index in [9.17, 15) is 4.79 Å². The quantitative estimate of drug-likeness (QED) is 0.746. The van der Waals surface area contributed by atoms with Crippen LogP contribution >= 0.6 is 47.5 Å². The van der Waals surface area contributed by atoms with Crippen molar-refractivity contribution in [3.05, 3.63) is 28.6 Å². The highest BCUT2D eigenvalue weighted by Gasteiger charge is 2.21. The van der Waals surface area contributed by atoms with E-state index in [0.717, 1.165) is 28.4 Å². The number of nitrogens with zero attached hydrogens (tertiary/aromatic N) is 1. The number of rotatable bonds is 7. The molecule has 1 amide bonds. The largest absolute Gasteiger partial charge is 0.354 e. The third kappa shape index (κ3) is 6.39. The Kier molecular flexibility index (Phi) is 9.96. The van der Waals surface area contributed by atoms with Crippen LogP contribution in [0.5, 0.6) is 0 Å². The molecule has 0 aliphatic rings. The number of carbonyl (C=O) groups is 1. The molecule has 0 radical (unpaired) electrons. The highest BCUT2D eigenvalue weighted by atomic mass is 35.5. The van der Waals surface area contributed by atoms with E-state index in [2.05, 4.69) is 10.3 Å². The number of carbonyl (C=O) groups excluding carboxylic acids is 1. The van der Waals surface area contributed by atoms with E-state index in [1.807, 2.05) is 36.7 Å². The highest BCUT2D eigenvalue weighted by molar-refractivity contribution is 7.20. The summed E-state index contributed by atoms with van der Waals surface area (Å²) in [5.41, 5.74) is 6.69. The molecule has 2 aromatic heterocycles. The average molecular weight is 396 g/mol. The maximum Gasteiger partial charge on any atom is 0.226 e. The minimum absolute atomic E-state index is 0. The SMILES string of the molecule is CCC(N)(CC)CNC(=O)Cc1csc(-c2cccs2)n1.Cl.Cl. The van der Waals surface area contributed by atoms with Gasteiger partial charge in [-0.25, -0.2) is 4.98 Å². The molecule has 4 nitrogen and oxygen atoms in total. The molecular formula is C15H23Cl2N3OS2. The summed E-state index contributed by atoms with van der Waals surface area (Å²) < 4.78 is 0. The van der Waals surface area contributed by atoms with Gasteiger partial charge in [0.05, 0.1) is 17.0 Å². The van der Waals surface area contributed by atoms with Crippen molar-refractivity contribution < 1.29 is 4.79 Å². The Morgan fingerprint density at radius 3 is 2.57 bits per heavy atom. The Labute approximate surface area is 157 Å². The van der Waals surface area contributed by atoms with Gasteiger partial charge in [-0.2, -0.15) is 0 Å². The second-order valence-corrected chi connectivity index (χ2v) is 6.95. The fraction of sp³-hybridized carbons (Fsp3) is 0.467. The van der Waals surface area contributed by atoms with Crippen LogP contribution in [-0.4, -0.2) is 23.0 Å². The Balaban J connectivity index is 0.00000242. The lowest BCUT2D eigenvalue weighted by Gasteiger charge is -2.26. The number of hydrogen-bond donors (Lipinski definition) is 2. The van der Waals surface area contributed by atoms with Crippen LogP contribution in [0.2, 0.25) is 0 Å². The Morgan fingerprint density at radius 1 is 1.30 bits per heavy atom. The summed E-state index contributed by atoms with van der Waals surface area (Å²) in [4.78, 5) is 17.6. The van der Waals surface area contributed by atoms with E-state index < -0.39 is 0 Å². The van der Waals surface area contributed by atoms with Gasteiger partial charge in [0, 0.05) is 17.5 Å². The van der Waals surface area contributed by atoms with Crippen molar-refractivity contribution in [2.45, 2.75) is 38.6 Å². The number of aromatic nitrogens is 1. The third-order valence-electron chi connectivity index (χ3n) is 3.67. The molecule has 2 aromatic rings. The van der Waals surface area contributed by atoms with Crippen LogP contribution in [0.4, 0.5) is 0 Å². The molecule has 2 heterocycles. The van der Waals surface area contributed by atoms with Crippen LogP contribution in [0, 0.1) is 0 Å². The number of amides is 1. The molecule has 130 valence electrons. The van der Waals surface area contributed by atoms with Crippen molar-refractivity contribution in [2.75, 3.05) is 6.54 Å². The molecule has 23 heavy (non-hydrogen) atoms. The predicted octanol–water partition coefficient (Wildman–Crippen LogP) is 3.89. The van der Waals surface area contributed by atoms with Gasteiger partial charge in [0.25, 0.3) is 0 Å². The topological polar surface area (TPSA) is 68.0 Å². The number of nitrogens with two attached hydrogens (primary N) is 1. The second kappa shape index (κ2) is 10.3. The Morgan fingerprint density at radius 2 is 2.00 bits per heavy atom. The van der Waals surface area contributed by atoms with E-state index in [0.29, 0.717) is 13.0 Å². The summed E-state index contributed by atoms with van der Waals surface area (Å²) >= 11 is 3.24. The lowest BCUT2D eigenvalue weighted by atomic mass is 9.94. The first-order valence-electron chi connectivity index (χ1n) is 7.10. The van der Waals surface area contributed by atoms with Crippen LogP contribution in [-0.2, 0) is 11.2 Å². The van der Waals surface area contributed by atoms with E-state index in [1.165, 1.54) is 0 Å². The van der Waals surface area contributed by atoms with E-state index in [1.54, 1.807) is 22.7 Å². The van der Waals surface area contributed by atoms with Gasteiger partial charge in [-0.3, -0.25) is 4.79 Å². The van der Waals surface area contributed by atoms with E-state index >= 15 is 0 Å². The van der Waals surface area contributed by atoms with Gasteiger partial charge in [-0.1, -0.05) is 19.9 Å². The molecular weight excluding hydrogens is 373 g/mol. The fourth-order valence-corrected chi connectivity index (χ4v) is 3.54. The van der Waals surface area contributed by atoms with Crippen molar-refractivity contribution in [2.24, 2.45) is 5.73 Å². The summed E-state index contributed by atoms with van der Waals surface area (Å²) in [5.74, 6) is -0.0187. The first-order valence-corrected chi connectivity index (χ1v) is 8.86. The van der Waals surface area contributed by atoms with Gasteiger partial charge >= 0.3 is 0 Å². The van der Waals surface area contributed by atoms with Crippen LogP contribution < -0.4 is 11.1 Å². The molecule has 2 rings (SSSR count). The van der Waals surface area contributed by atoms with Crippen molar-refractivity contribution in [1.82, 2.24) is 10.3 Å². The molecule has 0 aromatic carbocycles. The minimum Gasteiger partial charge on any atom is -0.354 e. The van der Waals surface area contributed by atoms with Crippen LogP contribution in [0.25, 0.3) is 9.88 Å². The number of thiophene rings is 1. The zero-order valence-electron chi connectivity index (χ0n) is 13.2. The molecule has 0 fully saturated rings. The van der Waals surface area contributed by atoms with Gasteiger partial charge < -0.3 is 11.1 Å². The Hall–Kier alpha value is -0.660. The molecule has 0 aliphatic carbocycles. The van der Waals surface area contributed by atoms with E-state index in [4.69, 9.17) is 5.73 Å². The van der Waals surface area contributed by atoms with Gasteiger partial charge in [-0.05, 0) is 24.3 Å². The molecule has 0 atom stereocenters. The van der Waals surface area contributed by atoms with Crippen molar-refractivity contribution >= 4 is 53.4 Å². The number of nitrogens with one attached hydrogen (secondary N) is 1. The van der Waals surface area contributed by atoms with Gasteiger partial charge in [-0.15, -0.1) is 47.5 Å². The summed E-state index contributed by atoms with van der Waals surface area (Å²) in [6.45, 7) is 4.60. The van der Waals surface area contributed by atoms with Crippen molar-refractivity contribution in [3.8, 4) is 9.88 Å². The third-order valence-corrected chi connectivity index (χ3v) is 5.60.